The molecule has 0 saturated carbocycles. The zero-order chi connectivity index (χ0) is 32.5. The number of halogens is 4. The van der Waals surface area contributed by atoms with Gasteiger partial charge in [-0.05, 0) is 62.4 Å². The van der Waals surface area contributed by atoms with E-state index in [1.807, 2.05) is 27.7 Å². The lowest BCUT2D eigenvalue weighted by molar-refractivity contribution is -0.129. The number of anilines is 2. The summed E-state index contributed by atoms with van der Waals surface area (Å²) in [7, 11) is 0. The number of piperazine rings is 1. The fourth-order valence-electron chi connectivity index (χ4n) is 6.68. The maximum absolute atomic E-state index is 16.3. The van der Waals surface area contributed by atoms with Crippen LogP contribution in [0.2, 0.25) is 10.0 Å². The normalized spacial score (nSPS) is 17.9. The van der Waals surface area contributed by atoms with Crippen LogP contribution in [-0.2, 0) is 11.2 Å². The predicted octanol–water partition coefficient (Wildman–Crippen LogP) is 6.58. The van der Waals surface area contributed by atoms with Crippen molar-refractivity contribution in [2.24, 2.45) is 0 Å². The van der Waals surface area contributed by atoms with E-state index in [0.29, 0.717) is 53.9 Å². The molecule has 8 nitrogen and oxygen atoms in total. The minimum Gasteiger partial charge on any atom is -0.397 e. The standard InChI is InChI=1S/C33H32Cl2F2N6O2/c1-6-24(44)41-14-18-7-8-19-31(42(18)13-17(41)5)20-11-23(36)29(25-26(37)21(34)12-22(35)27(25)38)40-32(20)43(33(19)45)30-16(4)9-10-39-28(30)15(2)3/h6,9-12,15,17-18H,1,7-8,13-14,38H2,2-5H3. The zero-order valence-electron chi connectivity index (χ0n) is 25.3. The van der Waals surface area contributed by atoms with Crippen molar-refractivity contribution < 1.29 is 13.6 Å². The Morgan fingerprint density at radius 2 is 1.91 bits per heavy atom. The van der Waals surface area contributed by atoms with Crippen molar-refractivity contribution in [2.75, 3.05) is 23.7 Å². The number of aryl methyl sites for hydroxylation is 1. The minimum absolute atomic E-state index is 0.0607. The van der Waals surface area contributed by atoms with E-state index in [1.54, 1.807) is 17.2 Å². The third-order valence-electron chi connectivity index (χ3n) is 8.85. The molecule has 234 valence electrons. The molecule has 0 aliphatic carbocycles. The molecule has 6 rings (SSSR count). The molecule has 1 amide bonds. The minimum atomic E-state index is -0.978. The number of nitrogens with zero attached hydrogens (tertiary/aromatic N) is 5. The molecule has 5 heterocycles. The molecule has 2 N–H and O–H groups in total. The summed E-state index contributed by atoms with van der Waals surface area (Å²) >= 11 is 12.3. The Labute approximate surface area is 269 Å². The number of amides is 1. The van der Waals surface area contributed by atoms with Gasteiger partial charge in [-0.25, -0.2) is 13.8 Å². The molecule has 0 radical (unpaired) electrons. The lowest BCUT2D eigenvalue weighted by Gasteiger charge is -2.49. The first-order valence-corrected chi connectivity index (χ1v) is 15.5. The number of nitrogens with two attached hydrogens (primary N) is 1. The van der Waals surface area contributed by atoms with E-state index in [0.717, 1.165) is 11.6 Å². The Morgan fingerprint density at radius 3 is 2.60 bits per heavy atom. The molecule has 2 unspecified atom stereocenters. The highest BCUT2D eigenvalue weighted by Crippen LogP contribution is 2.43. The molecule has 4 aromatic rings. The number of benzene rings is 1. The van der Waals surface area contributed by atoms with Crippen molar-refractivity contribution in [1.82, 2.24) is 19.4 Å². The van der Waals surface area contributed by atoms with Crippen LogP contribution in [0.5, 0.6) is 0 Å². The molecule has 1 aromatic carbocycles. The van der Waals surface area contributed by atoms with E-state index >= 15 is 8.78 Å². The number of carbonyl (C=O) groups is 1. The summed E-state index contributed by atoms with van der Waals surface area (Å²) in [6, 6.07) is 3.89. The van der Waals surface area contributed by atoms with Crippen molar-refractivity contribution in [3.8, 4) is 16.9 Å². The molecule has 1 saturated heterocycles. The summed E-state index contributed by atoms with van der Waals surface area (Å²) in [4.78, 5) is 40.4. The zero-order valence-corrected chi connectivity index (χ0v) is 26.8. The number of carbonyl (C=O) groups excluding carboxylic acids is 1. The number of fused-ring (bicyclic) bond motifs is 5. The molecular weight excluding hydrogens is 621 g/mol. The van der Waals surface area contributed by atoms with Gasteiger partial charge >= 0.3 is 0 Å². The average molecular weight is 654 g/mol. The van der Waals surface area contributed by atoms with E-state index in [4.69, 9.17) is 28.9 Å². The van der Waals surface area contributed by atoms with Gasteiger partial charge in [-0.2, -0.15) is 0 Å². The van der Waals surface area contributed by atoms with Crippen LogP contribution < -0.4 is 16.2 Å². The Kier molecular flexibility index (Phi) is 7.85. The molecule has 12 heteroatoms. The third kappa shape index (κ3) is 4.86. The van der Waals surface area contributed by atoms with Crippen molar-refractivity contribution in [1.29, 1.82) is 0 Å². The van der Waals surface area contributed by atoms with Gasteiger partial charge in [0.1, 0.15) is 11.3 Å². The Balaban J connectivity index is 1.72. The lowest BCUT2D eigenvalue weighted by Crippen LogP contribution is -2.60. The first-order valence-electron chi connectivity index (χ1n) is 14.7. The van der Waals surface area contributed by atoms with Crippen molar-refractivity contribution in [2.45, 2.75) is 58.5 Å². The highest BCUT2D eigenvalue weighted by Gasteiger charge is 2.40. The highest BCUT2D eigenvalue weighted by atomic mass is 35.5. The predicted molar refractivity (Wildman–Crippen MR) is 175 cm³/mol. The average Bonchev–Trinajstić information content (AvgIpc) is 3.00. The van der Waals surface area contributed by atoms with E-state index in [-0.39, 0.29) is 50.8 Å². The number of aromatic nitrogens is 3. The molecule has 45 heavy (non-hydrogen) atoms. The van der Waals surface area contributed by atoms with Crippen LogP contribution >= 0.6 is 23.2 Å². The number of rotatable bonds is 4. The van der Waals surface area contributed by atoms with Crippen LogP contribution in [0.25, 0.3) is 28.0 Å². The second-order valence-electron chi connectivity index (χ2n) is 12.0. The topological polar surface area (TPSA) is 97.4 Å². The highest BCUT2D eigenvalue weighted by molar-refractivity contribution is 6.37. The van der Waals surface area contributed by atoms with Crippen LogP contribution in [0.1, 0.15) is 49.9 Å². The summed E-state index contributed by atoms with van der Waals surface area (Å²) in [6.07, 6.45) is 3.99. The molecule has 0 bridgehead atoms. The molecule has 1 fully saturated rings. The fraction of sp³-hybridized carbons (Fsp3) is 0.333. The molecule has 0 spiro atoms. The largest absolute Gasteiger partial charge is 0.397 e. The van der Waals surface area contributed by atoms with Gasteiger partial charge in [0.15, 0.2) is 11.6 Å². The van der Waals surface area contributed by atoms with Crippen molar-refractivity contribution in [3.63, 3.8) is 0 Å². The summed E-state index contributed by atoms with van der Waals surface area (Å²) < 4.78 is 33.3. The van der Waals surface area contributed by atoms with Crippen molar-refractivity contribution >= 4 is 51.5 Å². The summed E-state index contributed by atoms with van der Waals surface area (Å²) in [5.74, 6) is -2.08. The quantitative estimate of drug-likeness (QED) is 0.152. The van der Waals surface area contributed by atoms with Gasteiger partial charge in [0.2, 0.25) is 5.91 Å². The molecule has 2 aliphatic rings. The Hall–Kier alpha value is -4.02. The van der Waals surface area contributed by atoms with Gasteiger partial charge in [-0.3, -0.25) is 19.1 Å². The number of hydrogen-bond donors (Lipinski definition) is 1. The van der Waals surface area contributed by atoms with Crippen LogP contribution in [0, 0.1) is 18.6 Å². The summed E-state index contributed by atoms with van der Waals surface area (Å²) in [5.41, 5.74) is 7.93. The van der Waals surface area contributed by atoms with Crippen molar-refractivity contribution in [3.05, 3.63) is 85.9 Å². The van der Waals surface area contributed by atoms with Crippen LogP contribution in [-0.4, -0.2) is 50.5 Å². The second kappa shape index (κ2) is 11.4. The number of hydrogen-bond acceptors (Lipinski definition) is 6. The van der Waals surface area contributed by atoms with Gasteiger partial charge in [-0.15, -0.1) is 0 Å². The lowest BCUT2D eigenvalue weighted by atomic mass is 9.91. The van der Waals surface area contributed by atoms with Crippen LogP contribution in [0.15, 0.2) is 41.8 Å². The Morgan fingerprint density at radius 1 is 1.18 bits per heavy atom. The van der Waals surface area contributed by atoms with Gasteiger partial charge in [0.05, 0.1) is 38.4 Å². The summed E-state index contributed by atoms with van der Waals surface area (Å²) in [5, 5.41) is -0.0342. The molecule has 2 atom stereocenters. The van der Waals surface area contributed by atoms with E-state index in [2.05, 4.69) is 21.4 Å². The fourth-order valence-corrected chi connectivity index (χ4v) is 7.14. The number of nitrogen functional groups attached to an aromatic ring is 1. The van der Waals surface area contributed by atoms with Crippen LogP contribution in [0.4, 0.5) is 20.2 Å². The van der Waals surface area contributed by atoms with Gasteiger partial charge < -0.3 is 15.5 Å². The maximum Gasteiger partial charge on any atom is 0.262 e. The van der Waals surface area contributed by atoms with E-state index < -0.39 is 22.9 Å². The van der Waals surface area contributed by atoms with E-state index in [1.165, 1.54) is 16.7 Å². The monoisotopic (exact) mass is 652 g/mol. The SMILES string of the molecule is C=CC(=O)N1CC2CCc3c(c4cc(F)c(-c5c(N)c(Cl)cc(Cl)c5F)nc4n(-c4c(C)ccnc4C(C)C)c3=O)N2CC1C. The first kappa shape index (κ1) is 31.0. The third-order valence-corrected chi connectivity index (χ3v) is 9.44. The second-order valence-corrected chi connectivity index (χ2v) is 12.8. The van der Waals surface area contributed by atoms with Crippen LogP contribution in [0.3, 0.4) is 0 Å². The maximum atomic E-state index is 16.3. The molecular formula is C33H32Cl2F2N6O2. The first-order chi connectivity index (χ1) is 21.3. The smallest absolute Gasteiger partial charge is 0.262 e. The van der Waals surface area contributed by atoms with Gasteiger partial charge in [-0.1, -0.05) is 43.6 Å². The van der Waals surface area contributed by atoms with Gasteiger partial charge in [0.25, 0.3) is 5.56 Å². The van der Waals surface area contributed by atoms with E-state index in [9.17, 15) is 9.59 Å². The molecule has 3 aromatic heterocycles. The van der Waals surface area contributed by atoms with Gasteiger partial charge in [0, 0.05) is 42.3 Å². The Bertz CT molecular complexity index is 1950. The number of pyridine rings is 3. The summed E-state index contributed by atoms with van der Waals surface area (Å²) in [6.45, 7) is 12.2. The molecule has 2 aliphatic heterocycles.